The summed E-state index contributed by atoms with van der Waals surface area (Å²) in [6.07, 6.45) is 2.90. The normalized spacial score (nSPS) is 19.7. The molecule has 2 saturated heterocycles. The van der Waals surface area contributed by atoms with E-state index in [9.17, 15) is 47.9 Å². The van der Waals surface area contributed by atoms with Gasteiger partial charge in [-0.1, -0.05) is 50.6 Å². The van der Waals surface area contributed by atoms with Crippen LogP contribution in [0.25, 0.3) is 22.3 Å². The fraction of sp³-hybridized carbons (Fsp3) is 0.482. The maximum absolute atomic E-state index is 15.2. The van der Waals surface area contributed by atoms with Crippen molar-refractivity contribution in [3.8, 4) is 11.4 Å². The van der Waals surface area contributed by atoms with Gasteiger partial charge in [-0.25, -0.2) is 19.0 Å². The number of hydrogen-bond donors (Lipinski definition) is 6. The van der Waals surface area contributed by atoms with E-state index < -0.39 is 77.8 Å². The Balaban J connectivity index is 0.750. The number of aromatic nitrogens is 2. The van der Waals surface area contributed by atoms with E-state index in [4.69, 9.17) is 20.2 Å². The van der Waals surface area contributed by atoms with Crippen LogP contribution in [0.3, 0.4) is 0 Å². The number of hydrogen-bond acceptors (Lipinski definition) is 14. The number of aryl methyl sites for hydroxylation is 1. The van der Waals surface area contributed by atoms with Crippen LogP contribution in [0.2, 0.25) is 0 Å². The molecule has 4 aromatic rings. The number of nitrogens with two attached hydrogens (primary N) is 1. The molecule has 2 aromatic heterocycles. The van der Waals surface area contributed by atoms with Crippen LogP contribution >= 0.6 is 0 Å². The van der Waals surface area contributed by atoms with Crippen LogP contribution < -0.4 is 37.9 Å². The first-order chi connectivity index (χ1) is 37.9. The van der Waals surface area contributed by atoms with E-state index in [0.29, 0.717) is 79.5 Å². The first kappa shape index (κ1) is 55.7. The molecule has 22 nitrogen and oxygen atoms in total. The van der Waals surface area contributed by atoms with E-state index in [1.54, 1.807) is 61.7 Å². The van der Waals surface area contributed by atoms with Crippen LogP contribution in [0, 0.1) is 18.7 Å². The van der Waals surface area contributed by atoms with Crippen LogP contribution in [0.4, 0.5) is 9.18 Å². The first-order valence-corrected chi connectivity index (χ1v) is 27.0. The van der Waals surface area contributed by atoms with Crippen LogP contribution in [0.15, 0.2) is 47.3 Å². The monoisotopic (exact) mass is 1090 g/mol. The number of fused-ring (bicyclic) bond motifs is 5. The molecule has 79 heavy (non-hydrogen) atoms. The highest BCUT2D eigenvalue weighted by molar-refractivity contribution is 6.03. The van der Waals surface area contributed by atoms with Crippen molar-refractivity contribution in [1.29, 1.82) is 0 Å². The summed E-state index contributed by atoms with van der Waals surface area (Å²) < 4.78 is 28.4. The summed E-state index contributed by atoms with van der Waals surface area (Å²) in [5.41, 5.74) is 9.54. The molecule has 9 rings (SSSR count). The first-order valence-electron chi connectivity index (χ1n) is 27.0. The Bertz CT molecular complexity index is 3210. The van der Waals surface area contributed by atoms with E-state index in [-0.39, 0.29) is 99.3 Å². The zero-order valence-corrected chi connectivity index (χ0v) is 44.4. The summed E-state index contributed by atoms with van der Waals surface area (Å²) in [4.78, 5) is 138. The van der Waals surface area contributed by atoms with Crippen molar-refractivity contribution in [2.75, 3.05) is 39.3 Å². The number of pyridine rings is 2. The lowest BCUT2D eigenvalue weighted by atomic mass is 9.82. The molecule has 7 N–H and O–H groups in total. The summed E-state index contributed by atoms with van der Waals surface area (Å²) >= 11 is 0. The molecule has 0 spiro atoms. The predicted molar refractivity (Wildman–Crippen MR) is 282 cm³/mol. The Hall–Kier alpha value is -8.08. The molecule has 0 saturated carbocycles. The molecule has 418 valence electrons. The lowest BCUT2D eigenvalue weighted by molar-refractivity contribution is -0.173. The van der Waals surface area contributed by atoms with Gasteiger partial charge in [-0.15, -0.1) is 0 Å². The Kier molecular flexibility index (Phi) is 16.5. The van der Waals surface area contributed by atoms with Crippen molar-refractivity contribution in [2.45, 2.75) is 128 Å². The van der Waals surface area contributed by atoms with Crippen molar-refractivity contribution in [3.63, 3.8) is 0 Å². The Morgan fingerprint density at radius 2 is 1.61 bits per heavy atom. The van der Waals surface area contributed by atoms with E-state index in [1.807, 2.05) is 0 Å². The minimum Gasteiger partial charge on any atom is -0.457 e. The van der Waals surface area contributed by atoms with E-state index in [1.165, 1.54) is 15.9 Å². The fourth-order valence-corrected chi connectivity index (χ4v) is 11.4. The van der Waals surface area contributed by atoms with Gasteiger partial charge in [0.05, 0.1) is 48.6 Å². The zero-order chi connectivity index (χ0) is 56.3. The number of imide groups is 1. The summed E-state index contributed by atoms with van der Waals surface area (Å²) in [7, 11) is 0. The number of carbonyl (C=O) groups is 9. The van der Waals surface area contributed by atoms with Gasteiger partial charge >= 0.3 is 12.1 Å². The third-order valence-electron chi connectivity index (χ3n) is 15.8. The number of esters is 1. The van der Waals surface area contributed by atoms with Gasteiger partial charge in [-0.3, -0.25) is 43.3 Å². The fourth-order valence-electron chi connectivity index (χ4n) is 11.4. The highest BCUT2D eigenvalue weighted by atomic mass is 19.1. The largest absolute Gasteiger partial charge is 0.457 e. The van der Waals surface area contributed by atoms with Gasteiger partial charge in [0.15, 0.2) is 0 Å². The number of cyclic esters (lactones) is 1. The highest BCUT2D eigenvalue weighted by Gasteiger charge is 2.51. The number of rotatable bonds is 19. The number of carbonyl (C=O) groups excluding carboxylic acids is 9. The molecule has 5 aliphatic rings. The molecular weight excluding hydrogens is 1020 g/mol. The average molecular weight is 1090 g/mol. The maximum Gasteiger partial charge on any atom is 0.411 e. The van der Waals surface area contributed by atoms with Crippen LogP contribution in [0.1, 0.15) is 117 Å². The number of piperidine rings is 1. The molecule has 2 fully saturated rings. The maximum atomic E-state index is 15.2. The van der Waals surface area contributed by atoms with Crippen LogP contribution in [-0.2, 0) is 79.4 Å². The van der Waals surface area contributed by atoms with Crippen LogP contribution in [0.5, 0.6) is 0 Å². The third-order valence-corrected chi connectivity index (χ3v) is 15.8. The number of benzene rings is 2. The zero-order valence-electron chi connectivity index (χ0n) is 44.4. The number of ether oxygens (including phenoxy) is 2. The molecular formula is C56H65FN10O12. The van der Waals surface area contributed by atoms with Crippen molar-refractivity contribution >= 4 is 64.3 Å². The molecule has 0 radical (unpaired) electrons. The molecule has 0 bridgehead atoms. The SMILES string of the molecule is CC[C@@]1(OC(=O)N2CCC(NC(=O)CNC(=O)[C@H](Cc3ccccc3)NC(=O)CNC(=O)CNC(=O)CCCCCN3C(=O)CC(C)C3=O)CC2)C(=O)OCc2c1cc1n(c2=O)Cc2c-1nc1cc(F)c(C)c3c1c2[C@@H](N)CC3. The van der Waals surface area contributed by atoms with Crippen molar-refractivity contribution in [1.82, 2.24) is 45.9 Å². The molecule has 4 aliphatic heterocycles. The molecule has 1 aliphatic carbocycles. The average Bonchev–Trinajstić information content (AvgIpc) is 3.99. The third kappa shape index (κ3) is 11.6. The number of unbranched alkanes of at least 4 members (excludes halogenated alkanes) is 2. The van der Waals surface area contributed by atoms with Crippen molar-refractivity contribution < 1.29 is 57.0 Å². The predicted octanol–water partition coefficient (Wildman–Crippen LogP) is 2.23. The van der Waals surface area contributed by atoms with Crippen LogP contribution in [-0.4, -0.2) is 124 Å². The topological polar surface area (TPSA) is 300 Å². The summed E-state index contributed by atoms with van der Waals surface area (Å²) in [6, 6.07) is 9.96. The van der Waals surface area contributed by atoms with E-state index in [0.717, 1.165) is 22.1 Å². The summed E-state index contributed by atoms with van der Waals surface area (Å²) in [5.74, 6) is -4.82. The minimum atomic E-state index is -1.99. The highest BCUT2D eigenvalue weighted by Crippen LogP contribution is 2.46. The van der Waals surface area contributed by atoms with Gasteiger partial charge in [0.25, 0.3) is 5.56 Å². The molecule has 23 heteroatoms. The van der Waals surface area contributed by atoms with E-state index in [2.05, 4.69) is 26.6 Å². The van der Waals surface area contributed by atoms with Gasteiger partial charge in [-0.05, 0) is 80.2 Å². The Morgan fingerprint density at radius 1 is 0.886 bits per heavy atom. The molecule has 1 unspecified atom stereocenters. The van der Waals surface area contributed by atoms with Gasteiger partial charge in [0.2, 0.25) is 47.0 Å². The molecule has 2 aromatic carbocycles. The second kappa shape index (κ2) is 23.5. The standard InChI is InChI=1S/C56H65FN10O12/c1-4-56(37-23-42-50-35(28-67(42)53(75)36(37)29-78-54(56)76)48-39(58)15-14-34-31(3)38(57)24-40(64-50)49(34)48)79-55(77)65-19-16-33(17-20-65)62-45(70)27-61-51(73)41(22-32-11-7-5-8-12-32)63-46(71)26-60-44(69)25-59-43(68)13-9-6-10-18-66-47(72)21-30(2)52(66)74/h5,7-8,11-12,23-24,30,33,39,41H,4,6,9-10,13-22,25-29,58H2,1-3H3,(H,59,68)(H,60,69)(H,61,73)(H,62,70)(H,63,71)/t30?,39-,41-,56-/m0/s1. The number of nitrogens with one attached hydrogen (secondary N) is 5. The lowest BCUT2D eigenvalue weighted by Gasteiger charge is -2.38. The number of nitrogens with zero attached hydrogens (tertiary/aromatic N) is 4. The van der Waals surface area contributed by atoms with Crippen molar-refractivity contribution in [2.24, 2.45) is 11.7 Å². The molecule has 4 atom stereocenters. The summed E-state index contributed by atoms with van der Waals surface area (Å²) in [6.45, 7) is 4.14. The second-order valence-electron chi connectivity index (χ2n) is 21.0. The Morgan fingerprint density at radius 3 is 2.33 bits per heavy atom. The minimum absolute atomic E-state index is 0.0611. The molecule has 8 amide bonds. The number of likely N-dealkylation sites (tertiary alicyclic amines) is 2. The molecule has 6 heterocycles. The van der Waals surface area contributed by atoms with Crippen molar-refractivity contribution in [3.05, 3.63) is 97.6 Å². The van der Waals surface area contributed by atoms with Gasteiger partial charge in [-0.2, -0.15) is 0 Å². The van der Waals surface area contributed by atoms with E-state index >= 15 is 4.39 Å². The number of amides is 8. The number of halogens is 1. The lowest BCUT2D eigenvalue weighted by Crippen LogP contribution is -2.54. The van der Waals surface area contributed by atoms with Gasteiger partial charge in [0, 0.05) is 79.5 Å². The smallest absolute Gasteiger partial charge is 0.411 e. The second-order valence-corrected chi connectivity index (χ2v) is 21.0. The quantitative estimate of drug-likeness (QED) is 0.0393. The van der Waals surface area contributed by atoms with Gasteiger partial charge in [0.1, 0.15) is 18.5 Å². The summed E-state index contributed by atoms with van der Waals surface area (Å²) in [5, 5.41) is 13.8. The van der Waals surface area contributed by atoms with Gasteiger partial charge < -0.3 is 51.3 Å². The Labute approximate surface area is 454 Å².